The van der Waals surface area contributed by atoms with E-state index in [0.29, 0.717) is 22.9 Å². The fraction of sp³-hybridized carbons (Fsp3) is 0.286. The molecule has 0 bridgehead atoms. The quantitative estimate of drug-likeness (QED) is 0.616. The number of Topliss-reactive ketones (excluding diaryl/α,β-unsaturated/α-hetero) is 1. The summed E-state index contributed by atoms with van der Waals surface area (Å²) in [6.07, 6.45) is 8.06. The van der Waals surface area contributed by atoms with Gasteiger partial charge in [-0.25, -0.2) is 4.99 Å². The summed E-state index contributed by atoms with van der Waals surface area (Å²) in [6, 6.07) is 10.8. The molecule has 0 aliphatic carbocycles. The van der Waals surface area contributed by atoms with Crippen LogP contribution in [0.25, 0.3) is 0 Å². The summed E-state index contributed by atoms with van der Waals surface area (Å²) in [5, 5.41) is 0.583. The predicted octanol–water partition coefficient (Wildman–Crippen LogP) is 3.19. The molecule has 1 atom stereocenters. The number of aliphatic imine (C=N–C) groups is 1. The summed E-state index contributed by atoms with van der Waals surface area (Å²) in [7, 11) is 0. The van der Waals surface area contributed by atoms with Crippen molar-refractivity contribution in [1.29, 1.82) is 0 Å². The molecule has 1 aliphatic rings. The Labute approximate surface area is 163 Å². The highest BCUT2D eigenvalue weighted by atomic mass is 32.2. The average molecular weight is 379 g/mol. The lowest BCUT2D eigenvalue weighted by Gasteiger charge is -2.28. The molecule has 2 heterocycles. The van der Waals surface area contributed by atoms with Crippen LogP contribution in [0.5, 0.6) is 5.75 Å². The number of rotatable bonds is 6. The number of ketones is 1. The van der Waals surface area contributed by atoms with Crippen LogP contribution in [0.15, 0.2) is 47.6 Å². The SMILES string of the molecule is C#CCOc1ccc(C(=O)Cc2ccnc([C@]3(C)CCSC(N)=N3)c2)cc1. The largest absolute Gasteiger partial charge is 0.481 e. The van der Waals surface area contributed by atoms with Crippen LogP contribution in [0.3, 0.4) is 0 Å². The van der Waals surface area contributed by atoms with Crippen LogP contribution in [0.1, 0.15) is 35.0 Å². The second-order valence-electron chi connectivity index (χ2n) is 6.49. The molecule has 0 saturated carbocycles. The first-order valence-electron chi connectivity index (χ1n) is 8.63. The molecule has 2 N–H and O–H groups in total. The number of hydrogen-bond donors (Lipinski definition) is 1. The molecule has 0 amide bonds. The van der Waals surface area contributed by atoms with Crippen molar-refractivity contribution in [2.75, 3.05) is 12.4 Å². The Bertz CT molecular complexity index is 902. The van der Waals surface area contributed by atoms with Gasteiger partial charge in [0.15, 0.2) is 11.0 Å². The van der Waals surface area contributed by atoms with Crippen LogP contribution >= 0.6 is 11.8 Å². The van der Waals surface area contributed by atoms with E-state index >= 15 is 0 Å². The number of carbonyl (C=O) groups excluding carboxylic acids is 1. The Balaban J connectivity index is 1.73. The molecule has 5 nitrogen and oxygen atoms in total. The van der Waals surface area contributed by atoms with E-state index in [-0.39, 0.29) is 12.4 Å². The number of pyridine rings is 1. The zero-order valence-electron chi connectivity index (χ0n) is 15.1. The Morgan fingerprint density at radius 2 is 2.15 bits per heavy atom. The molecule has 3 rings (SSSR count). The minimum atomic E-state index is -0.440. The lowest BCUT2D eigenvalue weighted by Crippen LogP contribution is -2.29. The summed E-state index contributed by atoms with van der Waals surface area (Å²) in [5.74, 6) is 4.00. The van der Waals surface area contributed by atoms with Gasteiger partial charge in [0.2, 0.25) is 0 Å². The van der Waals surface area contributed by atoms with Crippen LogP contribution in [0.4, 0.5) is 0 Å². The molecule has 0 saturated heterocycles. The van der Waals surface area contributed by atoms with E-state index in [1.807, 2.05) is 19.1 Å². The van der Waals surface area contributed by atoms with E-state index in [1.165, 1.54) is 0 Å². The van der Waals surface area contributed by atoms with Gasteiger partial charge in [0.05, 0.1) is 5.69 Å². The van der Waals surface area contributed by atoms with E-state index in [1.54, 1.807) is 42.2 Å². The van der Waals surface area contributed by atoms with Crippen molar-refractivity contribution in [2.24, 2.45) is 10.7 Å². The number of benzene rings is 1. The van der Waals surface area contributed by atoms with Crippen molar-refractivity contribution in [3.63, 3.8) is 0 Å². The van der Waals surface area contributed by atoms with Gasteiger partial charge in [0, 0.05) is 23.9 Å². The van der Waals surface area contributed by atoms with Gasteiger partial charge in [0.25, 0.3) is 0 Å². The molecule has 138 valence electrons. The van der Waals surface area contributed by atoms with E-state index in [0.717, 1.165) is 23.4 Å². The number of nitrogens with two attached hydrogens (primary N) is 1. The summed E-state index contributed by atoms with van der Waals surface area (Å²) in [6.45, 7) is 2.24. The Morgan fingerprint density at radius 3 is 2.85 bits per heavy atom. The standard InChI is InChI=1S/C21H21N3O2S/c1-3-11-26-17-6-4-16(5-7-17)18(25)13-15-8-10-23-19(14-15)21(2)9-12-27-20(22)24-21/h1,4-8,10,14H,9,11-13H2,2H3,(H2,22,24)/t21-/m0/s1. The van der Waals surface area contributed by atoms with E-state index in [4.69, 9.17) is 16.9 Å². The molecule has 1 aromatic heterocycles. The molecule has 2 aromatic rings. The van der Waals surface area contributed by atoms with Gasteiger partial charge in [-0.3, -0.25) is 9.78 Å². The van der Waals surface area contributed by atoms with Crippen molar-refractivity contribution in [3.8, 4) is 18.1 Å². The first-order valence-corrected chi connectivity index (χ1v) is 9.62. The molecule has 1 aliphatic heterocycles. The molecule has 0 unspecified atom stereocenters. The molecular formula is C21H21N3O2S. The normalized spacial score (nSPS) is 19.0. The summed E-state index contributed by atoms with van der Waals surface area (Å²) in [5.41, 5.74) is 7.83. The lowest BCUT2D eigenvalue weighted by molar-refractivity contribution is 0.0993. The smallest absolute Gasteiger partial charge is 0.167 e. The second-order valence-corrected chi connectivity index (χ2v) is 7.60. The van der Waals surface area contributed by atoms with Crippen molar-refractivity contribution < 1.29 is 9.53 Å². The van der Waals surface area contributed by atoms with Gasteiger partial charge in [-0.1, -0.05) is 17.7 Å². The van der Waals surface area contributed by atoms with Crippen molar-refractivity contribution in [3.05, 3.63) is 59.4 Å². The molecule has 0 spiro atoms. The molecule has 1 aromatic carbocycles. The summed E-state index contributed by atoms with van der Waals surface area (Å²) in [4.78, 5) is 21.7. The molecule has 6 heteroatoms. The highest BCUT2D eigenvalue weighted by Crippen LogP contribution is 2.34. The predicted molar refractivity (Wildman–Crippen MR) is 109 cm³/mol. The number of ether oxygens (including phenoxy) is 1. The minimum absolute atomic E-state index is 0.0306. The summed E-state index contributed by atoms with van der Waals surface area (Å²) < 4.78 is 5.33. The van der Waals surface area contributed by atoms with Crippen molar-refractivity contribution in [2.45, 2.75) is 25.3 Å². The van der Waals surface area contributed by atoms with Gasteiger partial charge < -0.3 is 10.5 Å². The maximum atomic E-state index is 12.6. The number of aromatic nitrogens is 1. The number of terminal acetylenes is 1. The van der Waals surface area contributed by atoms with Gasteiger partial charge in [-0.05, 0) is 55.3 Å². The highest BCUT2D eigenvalue weighted by molar-refractivity contribution is 8.13. The van der Waals surface area contributed by atoms with Crippen molar-refractivity contribution in [1.82, 2.24) is 4.98 Å². The van der Waals surface area contributed by atoms with Gasteiger partial charge in [0.1, 0.15) is 17.9 Å². The highest BCUT2D eigenvalue weighted by Gasteiger charge is 2.31. The van der Waals surface area contributed by atoms with E-state index in [9.17, 15) is 4.79 Å². The molecule has 0 fully saturated rings. The van der Waals surface area contributed by atoms with E-state index in [2.05, 4.69) is 15.9 Å². The van der Waals surface area contributed by atoms with Gasteiger partial charge in [-0.15, -0.1) is 6.42 Å². The van der Waals surface area contributed by atoms with Crippen LogP contribution in [-0.4, -0.2) is 28.3 Å². The number of amidine groups is 1. The zero-order chi connectivity index (χ0) is 19.3. The third-order valence-corrected chi connectivity index (χ3v) is 5.23. The van der Waals surface area contributed by atoms with Gasteiger partial charge >= 0.3 is 0 Å². The average Bonchev–Trinajstić information content (AvgIpc) is 2.67. The third-order valence-electron chi connectivity index (χ3n) is 4.44. The fourth-order valence-electron chi connectivity index (χ4n) is 2.90. The Morgan fingerprint density at radius 1 is 1.37 bits per heavy atom. The number of thioether (sulfide) groups is 1. The molecule has 0 radical (unpaired) electrons. The second kappa shape index (κ2) is 8.28. The maximum Gasteiger partial charge on any atom is 0.167 e. The first kappa shape index (κ1) is 19.0. The van der Waals surface area contributed by atoms with E-state index < -0.39 is 5.54 Å². The molecule has 27 heavy (non-hydrogen) atoms. The maximum absolute atomic E-state index is 12.6. The zero-order valence-corrected chi connectivity index (χ0v) is 16.0. The van der Waals surface area contributed by atoms with Crippen LogP contribution < -0.4 is 10.5 Å². The van der Waals surface area contributed by atoms with Gasteiger partial charge in [-0.2, -0.15) is 0 Å². The summed E-state index contributed by atoms with van der Waals surface area (Å²) >= 11 is 1.56. The fourth-order valence-corrected chi connectivity index (χ4v) is 3.87. The molecular weight excluding hydrogens is 358 g/mol. The lowest BCUT2D eigenvalue weighted by atomic mass is 9.92. The number of nitrogens with zero attached hydrogens (tertiary/aromatic N) is 2. The van der Waals surface area contributed by atoms with Crippen LogP contribution in [-0.2, 0) is 12.0 Å². The van der Waals surface area contributed by atoms with Crippen molar-refractivity contribution >= 4 is 22.7 Å². The van der Waals surface area contributed by atoms with Crippen LogP contribution in [0.2, 0.25) is 0 Å². The minimum Gasteiger partial charge on any atom is -0.481 e. The first-order chi connectivity index (χ1) is 13.0. The Kier molecular flexibility index (Phi) is 5.82. The number of carbonyl (C=O) groups is 1. The topological polar surface area (TPSA) is 77.6 Å². The number of hydrogen-bond acceptors (Lipinski definition) is 6. The monoisotopic (exact) mass is 379 g/mol. The van der Waals surface area contributed by atoms with Crippen LogP contribution in [0, 0.1) is 12.3 Å². The third kappa shape index (κ3) is 4.69. The Hall–Kier alpha value is -2.78.